The molecule has 2 aromatic heterocycles. The number of hydrogen-bond acceptors (Lipinski definition) is 4. The first-order valence-electron chi connectivity index (χ1n) is 8.57. The van der Waals surface area contributed by atoms with Gasteiger partial charge in [0.15, 0.2) is 5.65 Å². The van der Waals surface area contributed by atoms with Crippen LogP contribution in [-0.2, 0) is 16.6 Å². The Labute approximate surface area is 161 Å². The summed E-state index contributed by atoms with van der Waals surface area (Å²) in [5, 5.41) is 0. The van der Waals surface area contributed by atoms with Gasteiger partial charge < -0.3 is 4.57 Å². The molecular formula is C18H19BrN4O2S. The van der Waals surface area contributed by atoms with E-state index in [1.54, 1.807) is 28.7 Å². The van der Waals surface area contributed by atoms with Crippen molar-refractivity contribution in [1.82, 2.24) is 18.8 Å². The van der Waals surface area contributed by atoms with E-state index in [0.717, 1.165) is 34.4 Å². The zero-order valence-electron chi connectivity index (χ0n) is 14.3. The van der Waals surface area contributed by atoms with Crippen molar-refractivity contribution >= 4 is 37.1 Å². The van der Waals surface area contributed by atoms with Crippen LogP contribution in [0.1, 0.15) is 25.1 Å². The van der Waals surface area contributed by atoms with Gasteiger partial charge in [-0.3, -0.25) is 0 Å². The molecule has 26 heavy (non-hydrogen) atoms. The number of fused-ring (bicyclic) bond motifs is 1. The fourth-order valence-electron chi connectivity index (χ4n) is 3.53. The highest BCUT2D eigenvalue weighted by Crippen LogP contribution is 2.32. The summed E-state index contributed by atoms with van der Waals surface area (Å²) in [6.07, 6.45) is 2.52. The molecule has 0 N–H and O–H groups in total. The number of hydrogen-bond donors (Lipinski definition) is 0. The van der Waals surface area contributed by atoms with Crippen LogP contribution in [-0.4, -0.2) is 40.3 Å². The SMILES string of the molecule is CCn1c([C@@H]2CCN(S(=O)(=O)c3cccc(Br)c3)C2)nc2cccnc21. The molecule has 1 aliphatic heterocycles. The molecule has 0 amide bonds. The van der Waals surface area contributed by atoms with Gasteiger partial charge in [0.2, 0.25) is 10.0 Å². The lowest BCUT2D eigenvalue weighted by molar-refractivity contribution is 0.469. The number of aromatic nitrogens is 3. The van der Waals surface area contributed by atoms with Gasteiger partial charge in [0.1, 0.15) is 11.3 Å². The summed E-state index contributed by atoms with van der Waals surface area (Å²) in [4.78, 5) is 9.49. The Bertz CT molecular complexity index is 1060. The Hall–Kier alpha value is -1.77. The van der Waals surface area contributed by atoms with E-state index in [4.69, 9.17) is 4.98 Å². The summed E-state index contributed by atoms with van der Waals surface area (Å²) in [6, 6.07) is 10.7. The van der Waals surface area contributed by atoms with E-state index in [1.807, 2.05) is 18.2 Å². The number of benzene rings is 1. The summed E-state index contributed by atoms with van der Waals surface area (Å²) in [5.74, 6) is 0.999. The molecule has 1 aliphatic rings. The smallest absolute Gasteiger partial charge is 0.243 e. The zero-order valence-corrected chi connectivity index (χ0v) is 16.7. The molecule has 4 rings (SSSR count). The third kappa shape index (κ3) is 2.95. The highest BCUT2D eigenvalue weighted by molar-refractivity contribution is 9.10. The van der Waals surface area contributed by atoms with Crippen molar-refractivity contribution in [3.63, 3.8) is 0 Å². The molecule has 0 unspecified atom stereocenters. The van der Waals surface area contributed by atoms with Gasteiger partial charge >= 0.3 is 0 Å². The van der Waals surface area contributed by atoms with E-state index in [-0.39, 0.29) is 5.92 Å². The molecule has 1 atom stereocenters. The second-order valence-corrected chi connectivity index (χ2v) is 9.22. The van der Waals surface area contributed by atoms with E-state index in [9.17, 15) is 8.42 Å². The van der Waals surface area contributed by atoms with Crippen LogP contribution in [0.15, 0.2) is 52.0 Å². The molecule has 0 aliphatic carbocycles. The number of rotatable bonds is 4. The van der Waals surface area contributed by atoms with Crippen molar-refractivity contribution in [2.75, 3.05) is 13.1 Å². The summed E-state index contributed by atoms with van der Waals surface area (Å²) < 4.78 is 30.3. The lowest BCUT2D eigenvalue weighted by Gasteiger charge is -2.17. The van der Waals surface area contributed by atoms with Gasteiger partial charge in [-0.1, -0.05) is 22.0 Å². The number of pyridine rings is 1. The predicted octanol–water partition coefficient (Wildman–Crippen LogP) is 3.39. The fourth-order valence-corrected chi connectivity index (χ4v) is 5.63. The Morgan fingerprint density at radius 2 is 2.12 bits per heavy atom. The highest BCUT2D eigenvalue weighted by atomic mass is 79.9. The van der Waals surface area contributed by atoms with Crippen molar-refractivity contribution in [3.8, 4) is 0 Å². The Morgan fingerprint density at radius 3 is 2.88 bits per heavy atom. The number of aryl methyl sites for hydroxylation is 1. The lowest BCUT2D eigenvalue weighted by Crippen LogP contribution is -2.29. The molecule has 0 saturated carbocycles. The molecule has 8 heteroatoms. The monoisotopic (exact) mass is 434 g/mol. The molecule has 1 fully saturated rings. The van der Waals surface area contributed by atoms with E-state index in [0.29, 0.717) is 18.0 Å². The maximum atomic E-state index is 13.0. The molecule has 0 bridgehead atoms. The third-order valence-electron chi connectivity index (χ3n) is 4.80. The number of halogens is 1. The average Bonchev–Trinajstić information content (AvgIpc) is 3.26. The minimum absolute atomic E-state index is 0.0751. The molecule has 0 radical (unpaired) electrons. The Morgan fingerprint density at radius 1 is 1.27 bits per heavy atom. The van der Waals surface area contributed by atoms with Crippen LogP contribution in [0.3, 0.4) is 0 Å². The highest BCUT2D eigenvalue weighted by Gasteiger charge is 2.35. The van der Waals surface area contributed by atoms with Crippen molar-refractivity contribution in [2.24, 2.45) is 0 Å². The number of sulfonamides is 1. The lowest BCUT2D eigenvalue weighted by atomic mass is 10.1. The van der Waals surface area contributed by atoms with Gasteiger partial charge in [-0.25, -0.2) is 18.4 Å². The minimum Gasteiger partial charge on any atom is -0.313 e. The molecule has 0 spiro atoms. The van der Waals surface area contributed by atoms with Gasteiger partial charge in [-0.15, -0.1) is 0 Å². The molecule has 1 aromatic carbocycles. The molecule has 136 valence electrons. The van der Waals surface area contributed by atoms with Gasteiger partial charge in [-0.2, -0.15) is 4.31 Å². The van der Waals surface area contributed by atoms with Crippen LogP contribution in [0.5, 0.6) is 0 Å². The standard InChI is InChI=1S/C18H19BrN4O2S/c1-2-23-17(21-16-7-4-9-20-18(16)23)13-8-10-22(12-13)26(24,25)15-6-3-5-14(19)11-15/h3-7,9,11,13H,2,8,10,12H2,1H3/t13-/m1/s1. The topological polar surface area (TPSA) is 68.1 Å². The second-order valence-electron chi connectivity index (χ2n) is 6.37. The maximum Gasteiger partial charge on any atom is 0.243 e. The molecule has 6 nitrogen and oxygen atoms in total. The summed E-state index contributed by atoms with van der Waals surface area (Å²) in [5.41, 5.74) is 1.72. The zero-order chi connectivity index (χ0) is 18.3. The fraction of sp³-hybridized carbons (Fsp3) is 0.333. The van der Waals surface area contributed by atoms with Crippen LogP contribution in [0, 0.1) is 0 Å². The largest absolute Gasteiger partial charge is 0.313 e. The van der Waals surface area contributed by atoms with Gasteiger partial charge in [0, 0.05) is 36.2 Å². The Balaban J connectivity index is 1.65. The van der Waals surface area contributed by atoms with E-state index >= 15 is 0 Å². The minimum atomic E-state index is -3.50. The van der Waals surface area contributed by atoms with E-state index < -0.39 is 10.0 Å². The molecule has 3 aromatic rings. The summed E-state index contributed by atoms with van der Waals surface area (Å²) in [6.45, 7) is 3.76. The van der Waals surface area contributed by atoms with Crippen molar-refractivity contribution in [2.45, 2.75) is 30.7 Å². The molecule has 1 saturated heterocycles. The molecule has 3 heterocycles. The normalized spacial score (nSPS) is 18.6. The second kappa shape index (κ2) is 6.75. The first-order valence-corrected chi connectivity index (χ1v) is 10.8. The maximum absolute atomic E-state index is 13.0. The third-order valence-corrected chi connectivity index (χ3v) is 7.15. The summed E-state index contributed by atoms with van der Waals surface area (Å²) in [7, 11) is -3.50. The first kappa shape index (κ1) is 17.6. The van der Waals surface area contributed by atoms with Crippen molar-refractivity contribution in [1.29, 1.82) is 0 Å². The van der Waals surface area contributed by atoms with Crippen molar-refractivity contribution < 1.29 is 8.42 Å². The van der Waals surface area contributed by atoms with Gasteiger partial charge in [0.05, 0.1) is 4.90 Å². The van der Waals surface area contributed by atoms with Crippen LogP contribution in [0.25, 0.3) is 11.2 Å². The average molecular weight is 435 g/mol. The van der Waals surface area contributed by atoms with Crippen LogP contribution < -0.4 is 0 Å². The number of nitrogens with zero attached hydrogens (tertiary/aromatic N) is 4. The van der Waals surface area contributed by atoms with E-state index in [2.05, 4.69) is 32.4 Å². The Kier molecular flexibility index (Phi) is 4.58. The van der Waals surface area contributed by atoms with Crippen LogP contribution in [0.4, 0.5) is 0 Å². The summed E-state index contributed by atoms with van der Waals surface area (Å²) >= 11 is 3.35. The number of imidazole rings is 1. The predicted molar refractivity (Wildman–Crippen MR) is 103 cm³/mol. The van der Waals surface area contributed by atoms with Gasteiger partial charge in [0.25, 0.3) is 0 Å². The van der Waals surface area contributed by atoms with Crippen molar-refractivity contribution in [3.05, 3.63) is 52.9 Å². The van der Waals surface area contributed by atoms with Gasteiger partial charge in [-0.05, 0) is 43.7 Å². The van der Waals surface area contributed by atoms with Crippen LogP contribution >= 0.6 is 15.9 Å². The first-order chi connectivity index (χ1) is 12.5. The van der Waals surface area contributed by atoms with E-state index in [1.165, 1.54) is 0 Å². The quantitative estimate of drug-likeness (QED) is 0.630. The van der Waals surface area contributed by atoms with Crippen LogP contribution in [0.2, 0.25) is 0 Å². The molecular weight excluding hydrogens is 416 g/mol.